The number of nitrogens with one attached hydrogen (secondary N) is 2. The standard InChI is InChI=1S/C28H32BrN3O6/c1-3-13-30-25(34)21-22-27(36)32(20(15-33)16-7-5-4-6-8-16)24(28(22)14-19(29)23(21)38-28)26(35)31-17-9-11-18(37-2)12-10-17/h4-12,19-24,33H,3,13-15H2,1-2H3,(H,30,34)(H,31,35)/t19?,20-,21+,22+,23+,24?,28?/m1/s1. The summed E-state index contributed by atoms with van der Waals surface area (Å²) in [5, 5.41) is 16.4. The number of anilines is 1. The summed E-state index contributed by atoms with van der Waals surface area (Å²) in [6.45, 7) is 2.05. The maximum atomic E-state index is 14.2. The minimum atomic E-state index is -1.22. The van der Waals surface area contributed by atoms with Crippen LogP contribution < -0.4 is 15.4 Å². The van der Waals surface area contributed by atoms with Crippen LogP contribution in [0.3, 0.4) is 0 Å². The maximum absolute atomic E-state index is 14.2. The van der Waals surface area contributed by atoms with Crippen LogP contribution in [-0.4, -0.2) is 70.6 Å². The molecule has 2 aromatic carbocycles. The molecule has 3 amide bonds. The molecule has 0 radical (unpaired) electrons. The quantitative estimate of drug-likeness (QED) is 0.389. The van der Waals surface area contributed by atoms with E-state index in [9.17, 15) is 19.5 Å². The Hall–Kier alpha value is -2.95. The smallest absolute Gasteiger partial charge is 0.250 e. The number of amides is 3. The number of aliphatic hydroxyl groups is 1. The Balaban J connectivity index is 1.57. The molecule has 0 saturated carbocycles. The average molecular weight is 586 g/mol. The lowest BCUT2D eigenvalue weighted by molar-refractivity contribution is -0.144. The second-order valence-corrected chi connectivity index (χ2v) is 11.2. The summed E-state index contributed by atoms with van der Waals surface area (Å²) in [6.07, 6.45) is 0.601. The monoisotopic (exact) mass is 585 g/mol. The highest BCUT2D eigenvalue weighted by atomic mass is 79.9. The molecule has 5 rings (SSSR count). The number of benzene rings is 2. The third-order valence-corrected chi connectivity index (χ3v) is 8.72. The Morgan fingerprint density at radius 3 is 2.53 bits per heavy atom. The second-order valence-electron chi connectivity index (χ2n) is 10.0. The van der Waals surface area contributed by atoms with Gasteiger partial charge in [0.25, 0.3) is 0 Å². The number of ether oxygens (including phenoxy) is 2. The first-order chi connectivity index (χ1) is 18.4. The molecule has 1 spiro atoms. The van der Waals surface area contributed by atoms with Gasteiger partial charge in [0.1, 0.15) is 17.4 Å². The highest BCUT2D eigenvalue weighted by Gasteiger charge is 2.77. The largest absolute Gasteiger partial charge is 0.497 e. The predicted octanol–water partition coefficient (Wildman–Crippen LogP) is 2.64. The summed E-state index contributed by atoms with van der Waals surface area (Å²) < 4.78 is 11.7. The van der Waals surface area contributed by atoms with Crippen LogP contribution in [0.4, 0.5) is 5.69 Å². The molecule has 3 aliphatic heterocycles. The lowest BCUT2D eigenvalue weighted by Gasteiger charge is -2.37. The molecular weight excluding hydrogens is 554 g/mol. The number of carbonyl (C=O) groups excluding carboxylic acids is 3. The first kappa shape index (κ1) is 26.6. The summed E-state index contributed by atoms with van der Waals surface area (Å²) in [7, 11) is 1.56. The number of likely N-dealkylation sites (tertiary alicyclic amines) is 1. The van der Waals surface area contributed by atoms with Crippen molar-refractivity contribution in [2.75, 3.05) is 25.6 Å². The van der Waals surface area contributed by atoms with Crippen LogP contribution >= 0.6 is 15.9 Å². The van der Waals surface area contributed by atoms with Crippen LogP contribution in [0.15, 0.2) is 54.6 Å². The number of hydrogen-bond acceptors (Lipinski definition) is 6. The Morgan fingerprint density at radius 2 is 1.89 bits per heavy atom. The van der Waals surface area contributed by atoms with Crippen molar-refractivity contribution < 1.29 is 29.0 Å². The molecule has 3 N–H and O–H groups in total. The number of halogens is 1. The van der Waals surface area contributed by atoms with E-state index in [1.54, 1.807) is 31.4 Å². The molecule has 3 saturated heterocycles. The van der Waals surface area contributed by atoms with Crippen molar-refractivity contribution >= 4 is 39.3 Å². The van der Waals surface area contributed by atoms with E-state index >= 15 is 0 Å². The van der Waals surface area contributed by atoms with Crippen LogP contribution in [0.25, 0.3) is 0 Å². The van der Waals surface area contributed by atoms with Crippen molar-refractivity contribution in [2.45, 2.75) is 48.4 Å². The van der Waals surface area contributed by atoms with E-state index in [1.807, 2.05) is 37.3 Å². The Bertz CT molecular complexity index is 1190. The zero-order valence-electron chi connectivity index (χ0n) is 21.3. The second kappa shape index (κ2) is 10.7. The van der Waals surface area contributed by atoms with E-state index in [2.05, 4.69) is 26.6 Å². The van der Waals surface area contributed by atoms with Crippen LogP contribution in [0, 0.1) is 11.8 Å². The molecule has 2 bridgehead atoms. The SMILES string of the molecule is CCCNC(=O)[C@H]1[C@H]2C(=O)N([C@H](CO)c3ccccc3)C(C(=O)Nc3ccc(OC)cc3)C23CC(Br)[C@@H]1O3. The zero-order valence-corrected chi connectivity index (χ0v) is 22.9. The molecule has 3 aliphatic rings. The zero-order chi connectivity index (χ0) is 27.0. The number of methoxy groups -OCH3 is 1. The van der Waals surface area contributed by atoms with Crippen molar-refractivity contribution in [1.82, 2.24) is 10.2 Å². The lowest BCUT2D eigenvalue weighted by atomic mass is 9.70. The van der Waals surface area contributed by atoms with Crippen molar-refractivity contribution in [1.29, 1.82) is 0 Å². The molecule has 10 heteroatoms. The van der Waals surface area contributed by atoms with Gasteiger partial charge in [0.05, 0.1) is 37.7 Å². The Morgan fingerprint density at radius 1 is 1.18 bits per heavy atom. The molecule has 9 nitrogen and oxygen atoms in total. The fourth-order valence-corrected chi connectivity index (χ4v) is 7.23. The normalized spacial score (nSPS) is 30.2. The molecule has 7 atom stereocenters. The van der Waals surface area contributed by atoms with E-state index in [4.69, 9.17) is 9.47 Å². The number of fused-ring (bicyclic) bond motifs is 1. The summed E-state index contributed by atoms with van der Waals surface area (Å²) in [6, 6.07) is 14.2. The summed E-state index contributed by atoms with van der Waals surface area (Å²) in [5.74, 6) is -2.00. The third kappa shape index (κ3) is 4.28. The lowest BCUT2D eigenvalue weighted by Crippen LogP contribution is -2.55. The van der Waals surface area contributed by atoms with Gasteiger partial charge in [0, 0.05) is 17.1 Å². The summed E-state index contributed by atoms with van der Waals surface area (Å²) in [5.41, 5.74) is 0.00507. The van der Waals surface area contributed by atoms with Gasteiger partial charge in [-0.1, -0.05) is 53.2 Å². The van der Waals surface area contributed by atoms with Gasteiger partial charge in [-0.05, 0) is 42.7 Å². The van der Waals surface area contributed by atoms with Crippen LogP contribution in [0.5, 0.6) is 5.75 Å². The summed E-state index contributed by atoms with van der Waals surface area (Å²) >= 11 is 3.67. The Labute approximate surface area is 230 Å². The van der Waals surface area contributed by atoms with Crippen molar-refractivity contribution in [3.05, 3.63) is 60.2 Å². The maximum Gasteiger partial charge on any atom is 0.250 e. The topological polar surface area (TPSA) is 117 Å². The Kier molecular flexibility index (Phi) is 7.48. The summed E-state index contributed by atoms with van der Waals surface area (Å²) in [4.78, 5) is 42.8. The molecule has 3 unspecified atom stereocenters. The number of alkyl halides is 1. The van der Waals surface area contributed by atoms with E-state index in [-0.39, 0.29) is 16.6 Å². The molecule has 202 valence electrons. The molecule has 2 aromatic rings. The van der Waals surface area contributed by atoms with Crippen LogP contribution in [0.1, 0.15) is 31.4 Å². The van der Waals surface area contributed by atoms with Gasteiger partial charge in [-0.3, -0.25) is 14.4 Å². The van der Waals surface area contributed by atoms with E-state index < -0.39 is 48.1 Å². The molecular formula is C28H32BrN3O6. The predicted molar refractivity (Wildman–Crippen MR) is 144 cm³/mol. The van der Waals surface area contributed by atoms with Crippen LogP contribution in [0.2, 0.25) is 0 Å². The molecule has 3 heterocycles. The minimum Gasteiger partial charge on any atom is -0.497 e. The van der Waals surface area contributed by atoms with Gasteiger partial charge in [0.15, 0.2) is 0 Å². The average Bonchev–Trinajstić information content (AvgIpc) is 3.52. The number of aliphatic hydroxyl groups excluding tert-OH is 1. The van der Waals surface area contributed by atoms with Crippen molar-refractivity contribution in [3.63, 3.8) is 0 Å². The van der Waals surface area contributed by atoms with Crippen molar-refractivity contribution in [3.8, 4) is 5.75 Å². The van der Waals surface area contributed by atoms with E-state index in [0.717, 1.165) is 6.42 Å². The van der Waals surface area contributed by atoms with Gasteiger partial charge < -0.3 is 30.1 Å². The third-order valence-electron chi connectivity index (χ3n) is 7.88. The first-order valence-electron chi connectivity index (χ1n) is 12.9. The highest BCUT2D eigenvalue weighted by Crippen LogP contribution is 2.61. The molecule has 3 fully saturated rings. The first-order valence-corrected chi connectivity index (χ1v) is 13.8. The van der Waals surface area contributed by atoms with Gasteiger partial charge in [0.2, 0.25) is 17.7 Å². The molecule has 0 aromatic heterocycles. The van der Waals surface area contributed by atoms with Gasteiger partial charge in [-0.15, -0.1) is 0 Å². The van der Waals surface area contributed by atoms with E-state index in [1.165, 1.54) is 4.90 Å². The number of hydrogen-bond donors (Lipinski definition) is 3. The minimum absolute atomic E-state index is 0.204. The number of rotatable bonds is 9. The van der Waals surface area contributed by atoms with Gasteiger partial charge in [-0.25, -0.2) is 0 Å². The fraction of sp³-hybridized carbons (Fsp3) is 0.464. The van der Waals surface area contributed by atoms with Crippen LogP contribution in [-0.2, 0) is 19.1 Å². The van der Waals surface area contributed by atoms with E-state index in [0.29, 0.717) is 30.0 Å². The highest BCUT2D eigenvalue weighted by molar-refractivity contribution is 9.09. The molecule has 0 aliphatic carbocycles. The van der Waals surface area contributed by atoms with Gasteiger partial charge >= 0.3 is 0 Å². The van der Waals surface area contributed by atoms with Gasteiger partial charge in [-0.2, -0.15) is 0 Å². The van der Waals surface area contributed by atoms with Crippen molar-refractivity contribution in [2.24, 2.45) is 11.8 Å². The number of carbonyl (C=O) groups is 3. The number of nitrogens with zero attached hydrogens (tertiary/aromatic N) is 1. The fourth-order valence-electron chi connectivity index (χ4n) is 6.28. The molecule has 38 heavy (non-hydrogen) atoms.